The number of aliphatic hydroxyl groups excluding tert-OH is 1. The van der Waals surface area contributed by atoms with Crippen LogP contribution in [-0.2, 0) is 0 Å². The fourth-order valence-electron chi connectivity index (χ4n) is 0.994. The molecule has 2 nitrogen and oxygen atoms in total. The molecule has 0 aliphatic heterocycles. The summed E-state index contributed by atoms with van der Waals surface area (Å²) < 4.78 is 24.2. The highest BCUT2D eigenvalue weighted by molar-refractivity contribution is 5.85. The molecule has 0 amide bonds. The normalized spacial score (nSPS) is 12.4. The maximum Gasteiger partial charge on any atom is 0.263 e. The number of nitrogens with two attached hydrogens (primary N) is 1. The van der Waals surface area contributed by atoms with Crippen LogP contribution in [0.1, 0.15) is 23.6 Å². The first-order chi connectivity index (χ1) is 6.15. The van der Waals surface area contributed by atoms with Crippen LogP contribution in [0.15, 0.2) is 24.3 Å². The van der Waals surface area contributed by atoms with Gasteiger partial charge in [0.1, 0.15) is 0 Å². The van der Waals surface area contributed by atoms with Gasteiger partial charge in [-0.1, -0.05) is 24.3 Å². The van der Waals surface area contributed by atoms with Crippen LogP contribution in [-0.4, -0.2) is 11.7 Å². The van der Waals surface area contributed by atoms with Gasteiger partial charge < -0.3 is 10.8 Å². The van der Waals surface area contributed by atoms with Crippen molar-refractivity contribution >= 4 is 12.4 Å². The molecule has 0 aromatic heterocycles. The van der Waals surface area contributed by atoms with E-state index in [1.165, 1.54) is 24.3 Å². The number of hydrogen-bond donors (Lipinski definition) is 2. The lowest BCUT2D eigenvalue weighted by Crippen LogP contribution is -2.14. The molecule has 0 fully saturated rings. The first-order valence-corrected chi connectivity index (χ1v) is 3.89. The van der Waals surface area contributed by atoms with Gasteiger partial charge in [0, 0.05) is 5.56 Å². The Balaban J connectivity index is 0.00000169. The second-order valence-corrected chi connectivity index (χ2v) is 2.76. The summed E-state index contributed by atoms with van der Waals surface area (Å²) in [5.41, 5.74) is 6.11. The summed E-state index contributed by atoms with van der Waals surface area (Å²) in [5, 5.41) is 8.69. The Morgan fingerprint density at radius 3 is 1.93 bits per heavy atom. The Morgan fingerprint density at radius 1 is 1.14 bits per heavy atom. The third-order valence-electron chi connectivity index (χ3n) is 1.81. The van der Waals surface area contributed by atoms with Gasteiger partial charge in [-0.2, -0.15) is 0 Å². The molecule has 80 valence electrons. The quantitative estimate of drug-likeness (QED) is 0.824. The average Bonchev–Trinajstić information content (AvgIpc) is 2.17. The lowest BCUT2D eigenvalue weighted by molar-refractivity contribution is 0.151. The summed E-state index contributed by atoms with van der Waals surface area (Å²) >= 11 is 0. The zero-order valence-electron chi connectivity index (χ0n) is 7.36. The van der Waals surface area contributed by atoms with E-state index in [2.05, 4.69) is 0 Å². The number of alkyl halides is 2. The SMILES string of the molecule is Cl.N[C@H](CO)c1ccc(C(F)F)cc1. The van der Waals surface area contributed by atoms with E-state index < -0.39 is 12.5 Å². The second-order valence-electron chi connectivity index (χ2n) is 2.76. The van der Waals surface area contributed by atoms with Crippen molar-refractivity contribution in [1.82, 2.24) is 0 Å². The number of halogens is 3. The van der Waals surface area contributed by atoms with Crippen molar-refractivity contribution in [2.75, 3.05) is 6.61 Å². The highest BCUT2D eigenvalue weighted by atomic mass is 35.5. The van der Waals surface area contributed by atoms with Crippen molar-refractivity contribution in [3.8, 4) is 0 Å². The molecule has 0 saturated carbocycles. The fourth-order valence-corrected chi connectivity index (χ4v) is 0.994. The molecule has 3 N–H and O–H groups in total. The predicted octanol–water partition coefficient (Wildman–Crippen LogP) is 2.04. The molecule has 1 atom stereocenters. The van der Waals surface area contributed by atoms with Gasteiger partial charge in [-0.05, 0) is 5.56 Å². The highest BCUT2D eigenvalue weighted by Gasteiger charge is 2.08. The fraction of sp³-hybridized carbons (Fsp3) is 0.333. The van der Waals surface area contributed by atoms with E-state index in [0.29, 0.717) is 5.56 Å². The van der Waals surface area contributed by atoms with Crippen molar-refractivity contribution in [3.63, 3.8) is 0 Å². The van der Waals surface area contributed by atoms with Crippen LogP contribution in [0, 0.1) is 0 Å². The van der Waals surface area contributed by atoms with Gasteiger partial charge in [0.2, 0.25) is 0 Å². The standard InChI is InChI=1S/C9H11F2NO.ClH/c10-9(11)7-3-1-6(2-4-7)8(12)5-13;/h1-4,8-9,13H,5,12H2;1H/t8-;/m1./s1. The molecule has 0 spiro atoms. The Labute approximate surface area is 87.1 Å². The second kappa shape index (κ2) is 5.90. The van der Waals surface area contributed by atoms with E-state index >= 15 is 0 Å². The molecule has 5 heteroatoms. The topological polar surface area (TPSA) is 46.2 Å². The summed E-state index contributed by atoms with van der Waals surface area (Å²) in [7, 11) is 0. The molecule has 0 aliphatic rings. The van der Waals surface area contributed by atoms with Crippen LogP contribution in [0.25, 0.3) is 0 Å². The maximum atomic E-state index is 12.1. The van der Waals surface area contributed by atoms with Crippen LogP contribution in [0.5, 0.6) is 0 Å². The number of rotatable bonds is 3. The van der Waals surface area contributed by atoms with E-state index in [1.807, 2.05) is 0 Å². The van der Waals surface area contributed by atoms with Gasteiger partial charge in [-0.15, -0.1) is 12.4 Å². The van der Waals surface area contributed by atoms with Gasteiger partial charge in [-0.25, -0.2) is 8.78 Å². The maximum absolute atomic E-state index is 12.1. The number of aliphatic hydroxyl groups is 1. The minimum absolute atomic E-state index is 0. The number of benzene rings is 1. The van der Waals surface area contributed by atoms with Crippen molar-refractivity contribution in [3.05, 3.63) is 35.4 Å². The molecule has 1 aromatic carbocycles. The van der Waals surface area contributed by atoms with Crippen LogP contribution in [0.2, 0.25) is 0 Å². The Kier molecular flexibility index (Phi) is 5.60. The summed E-state index contributed by atoms with van der Waals surface area (Å²) in [4.78, 5) is 0. The third-order valence-corrected chi connectivity index (χ3v) is 1.81. The summed E-state index contributed by atoms with van der Waals surface area (Å²) in [6, 6.07) is 5.14. The molecule has 1 rings (SSSR count). The molecule has 0 aliphatic carbocycles. The van der Waals surface area contributed by atoms with Crippen molar-refractivity contribution < 1.29 is 13.9 Å². The van der Waals surface area contributed by atoms with Crippen LogP contribution < -0.4 is 5.73 Å². The monoisotopic (exact) mass is 223 g/mol. The predicted molar refractivity (Wildman–Crippen MR) is 52.7 cm³/mol. The molecular weight excluding hydrogens is 212 g/mol. The molecule has 0 bridgehead atoms. The van der Waals surface area contributed by atoms with Gasteiger partial charge in [0.15, 0.2) is 0 Å². The van der Waals surface area contributed by atoms with Crippen LogP contribution in [0.3, 0.4) is 0 Å². The zero-order valence-corrected chi connectivity index (χ0v) is 8.18. The van der Waals surface area contributed by atoms with E-state index in [-0.39, 0.29) is 24.6 Å². The van der Waals surface area contributed by atoms with E-state index in [4.69, 9.17) is 10.8 Å². The first-order valence-electron chi connectivity index (χ1n) is 3.89. The Morgan fingerprint density at radius 2 is 1.57 bits per heavy atom. The van der Waals surface area contributed by atoms with Crippen molar-refractivity contribution in [2.45, 2.75) is 12.5 Å². The lowest BCUT2D eigenvalue weighted by Gasteiger charge is -2.08. The smallest absolute Gasteiger partial charge is 0.263 e. The van der Waals surface area contributed by atoms with Gasteiger partial charge >= 0.3 is 0 Å². The molecule has 0 saturated heterocycles. The summed E-state index contributed by atoms with van der Waals surface area (Å²) in [6.45, 7) is -0.186. The molecule has 0 unspecified atom stereocenters. The lowest BCUT2D eigenvalue weighted by atomic mass is 10.1. The van der Waals surface area contributed by atoms with Gasteiger partial charge in [0.25, 0.3) is 6.43 Å². The molecule has 1 aromatic rings. The van der Waals surface area contributed by atoms with Crippen molar-refractivity contribution in [2.24, 2.45) is 5.73 Å². The average molecular weight is 224 g/mol. The van der Waals surface area contributed by atoms with E-state index in [1.54, 1.807) is 0 Å². The van der Waals surface area contributed by atoms with Gasteiger partial charge in [0.05, 0.1) is 12.6 Å². The third kappa shape index (κ3) is 3.21. The van der Waals surface area contributed by atoms with Crippen LogP contribution in [0.4, 0.5) is 8.78 Å². The minimum Gasteiger partial charge on any atom is -0.394 e. The van der Waals surface area contributed by atoms with Crippen LogP contribution >= 0.6 is 12.4 Å². The number of hydrogen-bond acceptors (Lipinski definition) is 2. The zero-order chi connectivity index (χ0) is 9.84. The molecule has 14 heavy (non-hydrogen) atoms. The highest BCUT2D eigenvalue weighted by Crippen LogP contribution is 2.20. The molecule has 0 radical (unpaired) electrons. The summed E-state index contributed by atoms with van der Waals surface area (Å²) in [5.74, 6) is 0. The Bertz CT molecular complexity index is 266. The molecule has 0 heterocycles. The van der Waals surface area contributed by atoms with E-state index in [0.717, 1.165) is 0 Å². The van der Waals surface area contributed by atoms with Gasteiger partial charge in [-0.3, -0.25) is 0 Å². The minimum atomic E-state index is -2.46. The Hall–Kier alpha value is -0.710. The first kappa shape index (κ1) is 13.3. The molecular formula is C9H12ClF2NO. The van der Waals surface area contributed by atoms with Crippen molar-refractivity contribution in [1.29, 1.82) is 0 Å². The summed E-state index contributed by atoms with van der Waals surface area (Å²) in [6.07, 6.45) is -2.46. The van der Waals surface area contributed by atoms with E-state index in [9.17, 15) is 8.78 Å². The largest absolute Gasteiger partial charge is 0.394 e.